The fourth-order valence-corrected chi connectivity index (χ4v) is 1.49. The first kappa shape index (κ1) is 14.1. The molecule has 0 heterocycles. The fraction of sp³-hybridized carbons (Fsp3) is 0.455. The number of halogens is 1. The molecular formula is C11H18ClNO2. The van der Waals surface area contributed by atoms with Gasteiger partial charge in [0, 0.05) is 6.04 Å². The number of nitrogens with two attached hydrogens (primary N) is 1. The number of ether oxygens (including phenoxy) is 2. The minimum atomic E-state index is 0. The highest BCUT2D eigenvalue weighted by Crippen LogP contribution is 2.32. The fourth-order valence-electron chi connectivity index (χ4n) is 1.49. The lowest BCUT2D eigenvalue weighted by Crippen LogP contribution is -2.07. The number of hydrogen-bond acceptors (Lipinski definition) is 3. The van der Waals surface area contributed by atoms with Gasteiger partial charge >= 0.3 is 0 Å². The minimum Gasteiger partial charge on any atom is -0.493 e. The number of hydrogen-bond donors (Lipinski definition) is 1. The minimum absolute atomic E-state index is 0. The molecule has 0 saturated heterocycles. The summed E-state index contributed by atoms with van der Waals surface area (Å²) >= 11 is 0. The Morgan fingerprint density at radius 2 is 1.60 bits per heavy atom. The maximum atomic E-state index is 5.83. The lowest BCUT2D eigenvalue weighted by Gasteiger charge is -2.14. The Morgan fingerprint density at radius 3 is 2.00 bits per heavy atom. The van der Waals surface area contributed by atoms with Crippen LogP contribution in [-0.4, -0.2) is 14.2 Å². The third-order valence-electron chi connectivity index (χ3n) is 2.26. The number of aryl methyl sites for hydroxylation is 1. The summed E-state index contributed by atoms with van der Waals surface area (Å²) in [5.74, 6) is 1.47. The Hall–Kier alpha value is -0.930. The zero-order chi connectivity index (χ0) is 10.7. The average molecular weight is 232 g/mol. The highest BCUT2D eigenvalue weighted by molar-refractivity contribution is 5.85. The van der Waals surface area contributed by atoms with Gasteiger partial charge in [0.2, 0.25) is 0 Å². The van der Waals surface area contributed by atoms with Gasteiger partial charge in [-0.25, -0.2) is 0 Å². The molecule has 1 aromatic rings. The van der Waals surface area contributed by atoms with Gasteiger partial charge in [0.15, 0.2) is 11.5 Å². The molecule has 0 fully saturated rings. The normalized spacial score (nSPS) is 11.5. The molecule has 0 bridgehead atoms. The summed E-state index contributed by atoms with van der Waals surface area (Å²) in [5.41, 5.74) is 8.04. The highest BCUT2D eigenvalue weighted by atomic mass is 35.5. The predicted molar refractivity (Wildman–Crippen MR) is 64.1 cm³/mol. The molecule has 1 rings (SSSR count). The Bertz CT molecular complexity index is 327. The molecule has 1 unspecified atom stereocenters. The molecule has 4 heteroatoms. The monoisotopic (exact) mass is 231 g/mol. The van der Waals surface area contributed by atoms with E-state index < -0.39 is 0 Å². The number of benzene rings is 1. The zero-order valence-corrected chi connectivity index (χ0v) is 10.4. The molecule has 86 valence electrons. The molecule has 0 saturated carbocycles. The molecular weight excluding hydrogens is 214 g/mol. The Labute approximate surface area is 97.0 Å². The van der Waals surface area contributed by atoms with Crippen molar-refractivity contribution in [2.24, 2.45) is 5.73 Å². The van der Waals surface area contributed by atoms with Crippen molar-refractivity contribution >= 4 is 12.4 Å². The van der Waals surface area contributed by atoms with Crippen LogP contribution >= 0.6 is 12.4 Å². The van der Waals surface area contributed by atoms with E-state index in [1.54, 1.807) is 14.2 Å². The lowest BCUT2D eigenvalue weighted by molar-refractivity contribution is 0.354. The summed E-state index contributed by atoms with van der Waals surface area (Å²) < 4.78 is 10.4. The maximum absolute atomic E-state index is 5.83. The topological polar surface area (TPSA) is 44.5 Å². The van der Waals surface area contributed by atoms with E-state index in [2.05, 4.69) is 0 Å². The second-order valence-electron chi connectivity index (χ2n) is 3.35. The van der Waals surface area contributed by atoms with Crippen molar-refractivity contribution in [2.45, 2.75) is 19.9 Å². The van der Waals surface area contributed by atoms with Gasteiger partial charge < -0.3 is 15.2 Å². The second-order valence-corrected chi connectivity index (χ2v) is 3.35. The number of rotatable bonds is 3. The van der Waals surface area contributed by atoms with E-state index in [-0.39, 0.29) is 18.4 Å². The van der Waals surface area contributed by atoms with Crippen LogP contribution in [0, 0.1) is 6.92 Å². The van der Waals surface area contributed by atoms with Crippen molar-refractivity contribution in [1.82, 2.24) is 0 Å². The van der Waals surface area contributed by atoms with Gasteiger partial charge in [0.1, 0.15) is 0 Å². The van der Waals surface area contributed by atoms with Gasteiger partial charge in [-0.1, -0.05) is 0 Å². The van der Waals surface area contributed by atoms with Crippen molar-refractivity contribution in [3.05, 3.63) is 23.3 Å². The van der Waals surface area contributed by atoms with E-state index in [0.29, 0.717) is 0 Å². The molecule has 0 spiro atoms. The van der Waals surface area contributed by atoms with Crippen LogP contribution in [0.1, 0.15) is 24.1 Å². The Kier molecular flexibility index (Phi) is 5.47. The van der Waals surface area contributed by atoms with Gasteiger partial charge in [0.25, 0.3) is 0 Å². The van der Waals surface area contributed by atoms with Crippen LogP contribution in [0.5, 0.6) is 11.5 Å². The van der Waals surface area contributed by atoms with Crippen molar-refractivity contribution in [2.75, 3.05) is 14.2 Å². The third-order valence-corrected chi connectivity index (χ3v) is 2.26. The van der Waals surface area contributed by atoms with Crippen LogP contribution < -0.4 is 15.2 Å². The molecule has 0 amide bonds. The molecule has 1 aromatic carbocycles. The van der Waals surface area contributed by atoms with Crippen LogP contribution in [0.4, 0.5) is 0 Å². The Morgan fingerprint density at radius 1 is 1.13 bits per heavy atom. The Balaban J connectivity index is 0.00000196. The molecule has 15 heavy (non-hydrogen) atoms. The van der Waals surface area contributed by atoms with E-state index in [0.717, 1.165) is 22.6 Å². The van der Waals surface area contributed by atoms with Gasteiger partial charge in [0.05, 0.1) is 14.2 Å². The van der Waals surface area contributed by atoms with Gasteiger partial charge in [-0.3, -0.25) is 0 Å². The second kappa shape index (κ2) is 5.83. The summed E-state index contributed by atoms with van der Waals surface area (Å²) in [6.07, 6.45) is 0. The lowest BCUT2D eigenvalue weighted by atomic mass is 10.0. The summed E-state index contributed by atoms with van der Waals surface area (Å²) in [4.78, 5) is 0. The van der Waals surface area contributed by atoms with Crippen molar-refractivity contribution < 1.29 is 9.47 Å². The first-order chi connectivity index (χ1) is 6.60. The molecule has 3 nitrogen and oxygen atoms in total. The molecule has 1 atom stereocenters. The summed E-state index contributed by atoms with van der Waals surface area (Å²) in [6, 6.07) is 3.88. The predicted octanol–water partition coefficient (Wildman–Crippen LogP) is 2.45. The maximum Gasteiger partial charge on any atom is 0.161 e. The van der Waals surface area contributed by atoms with Crippen LogP contribution in [0.3, 0.4) is 0 Å². The van der Waals surface area contributed by atoms with E-state index in [4.69, 9.17) is 15.2 Å². The molecule has 0 radical (unpaired) electrons. The largest absolute Gasteiger partial charge is 0.493 e. The zero-order valence-electron chi connectivity index (χ0n) is 9.53. The van der Waals surface area contributed by atoms with Crippen LogP contribution in [0.25, 0.3) is 0 Å². The standard InChI is InChI=1S/C11H17NO2.ClH/c1-7-5-10(13-3)11(14-4)6-9(7)8(2)12;/h5-6,8H,12H2,1-4H3;1H. The van der Waals surface area contributed by atoms with Gasteiger partial charge in [-0.2, -0.15) is 0 Å². The molecule has 0 aliphatic rings. The first-order valence-electron chi connectivity index (χ1n) is 4.58. The highest BCUT2D eigenvalue weighted by Gasteiger charge is 2.10. The van der Waals surface area contributed by atoms with Crippen molar-refractivity contribution in [3.63, 3.8) is 0 Å². The first-order valence-corrected chi connectivity index (χ1v) is 4.58. The molecule has 2 N–H and O–H groups in total. The van der Waals surface area contributed by atoms with E-state index in [1.807, 2.05) is 26.0 Å². The van der Waals surface area contributed by atoms with Crippen LogP contribution in [-0.2, 0) is 0 Å². The average Bonchev–Trinajstić information content (AvgIpc) is 2.16. The van der Waals surface area contributed by atoms with Gasteiger partial charge in [-0.05, 0) is 37.1 Å². The van der Waals surface area contributed by atoms with Crippen molar-refractivity contribution in [3.8, 4) is 11.5 Å². The third kappa shape index (κ3) is 3.01. The van der Waals surface area contributed by atoms with Gasteiger partial charge in [-0.15, -0.1) is 12.4 Å². The quantitative estimate of drug-likeness (QED) is 0.869. The summed E-state index contributed by atoms with van der Waals surface area (Å²) in [7, 11) is 3.25. The van der Waals surface area contributed by atoms with Crippen LogP contribution in [0.15, 0.2) is 12.1 Å². The van der Waals surface area contributed by atoms with E-state index in [9.17, 15) is 0 Å². The summed E-state index contributed by atoms with van der Waals surface area (Å²) in [5, 5.41) is 0. The SMILES string of the molecule is COc1cc(C)c(C(C)N)cc1OC.Cl. The molecule has 0 aromatic heterocycles. The molecule has 0 aliphatic carbocycles. The van der Waals surface area contributed by atoms with E-state index in [1.165, 1.54) is 0 Å². The smallest absolute Gasteiger partial charge is 0.161 e. The van der Waals surface area contributed by atoms with Crippen LogP contribution in [0.2, 0.25) is 0 Å². The number of methoxy groups -OCH3 is 2. The van der Waals surface area contributed by atoms with E-state index >= 15 is 0 Å². The molecule has 0 aliphatic heterocycles. The summed E-state index contributed by atoms with van der Waals surface area (Å²) in [6.45, 7) is 3.97. The van der Waals surface area contributed by atoms with Crippen molar-refractivity contribution in [1.29, 1.82) is 0 Å².